The second-order valence-corrected chi connectivity index (χ2v) is 0.671. The maximum atomic E-state index is 8.25. The van der Waals surface area contributed by atoms with E-state index in [9.17, 15) is 0 Å². The summed E-state index contributed by atoms with van der Waals surface area (Å²) in [6, 6.07) is 0. The molecular weight excluding hydrogens is 390 g/mol. The minimum atomic E-state index is -1.75. The smallest absolute Gasteiger partial charge is 0.356 e. The van der Waals surface area contributed by atoms with Crippen LogP contribution in [-0.4, -0.2) is 15.3 Å². The SMILES string of the molecule is O=[N+]([O-])[O-].O=[N+]([O-])[O-].O=[N+]([O-])[O-].[Cr+3].[Eu]. The van der Waals surface area contributed by atoms with Crippen molar-refractivity contribution < 1.29 is 82.0 Å². The molecule has 0 aliphatic heterocycles. The van der Waals surface area contributed by atoms with Gasteiger partial charge in [0.1, 0.15) is 0 Å². The second kappa shape index (κ2) is 23.0. The van der Waals surface area contributed by atoms with Crippen molar-refractivity contribution >= 4 is 0 Å². The molecule has 0 aliphatic rings. The molecule has 0 heterocycles. The summed E-state index contributed by atoms with van der Waals surface area (Å²) >= 11 is 0. The Morgan fingerprint density at radius 3 is 0.571 bits per heavy atom. The van der Waals surface area contributed by atoms with Crippen LogP contribution in [0.25, 0.3) is 0 Å². The Balaban J connectivity index is -0.0000000270. The van der Waals surface area contributed by atoms with Crippen molar-refractivity contribution in [3.63, 3.8) is 0 Å². The fraction of sp³-hybridized carbons (Fsp3) is 0. The molecule has 0 aromatic rings. The first kappa shape index (κ1) is 29.2. The van der Waals surface area contributed by atoms with Crippen molar-refractivity contribution in [2.75, 3.05) is 0 Å². The van der Waals surface area contributed by atoms with Crippen LogP contribution in [0.4, 0.5) is 0 Å². The minimum absolute atomic E-state index is 0. The zero-order valence-electron chi connectivity index (χ0n) is 5.80. The molecule has 0 atom stereocenters. The van der Waals surface area contributed by atoms with E-state index in [1.54, 1.807) is 0 Å². The summed E-state index contributed by atoms with van der Waals surface area (Å²) in [5.74, 6) is 0. The van der Waals surface area contributed by atoms with Gasteiger partial charge in [-0.2, -0.15) is 0 Å². The molecule has 12 nitrogen and oxygen atoms in total. The third kappa shape index (κ3) is 16800. The predicted octanol–water partition coefficient (Wildman–Crippen LogP) is -0.720. The van der Waals surface area contributed by atoms with E-state index >= 15 is 0 Å². The van der Waals surface area contributed by atoms with E-state index in [-0.39, 0.29) is 66.7 Å². The van der Waals surface area contributed by atoms with Crippen molar-refractivity contribution in [1.82, 2.24) is 0 Å². The Morgan fingerprint density at radius 1 is 0.571 bits per heavy atom. The van der Waals surface area contributed by atoms with Crippen LogP contribution in [0.3, 0.4) is 0 Å². The molecule has 14 heavy (non-hydrogen) atoms. The van der Waals surface area contributed by atoms with E-state index < -0.39 is 15.3 Å². The van der Waals surface area contributed by atoms with Crippen LogP contribution >= 0.6 is 0 Å². The van der Waals surface area contributed by atoms with Crippen molar-refractivity contribution in [3.8, 4) is 0 Å². The summed E-state index contributed by atoms with van der Waals surface area (Å²) in [7, 11) is 0. The third-order valence-corrected chi connectivity index (χ3v) is 0. The van der Waals surface area contributed by atoms with Gasteiger partial charge in [0.25, 0.3) is 0 Å². The number of hydrogen-bond acceptors (Lipinski definition) is 9. The first-order chi connectivity index (χ1) is 5.20. The quantitative estimate of drug-likeness (QED) is 0.378. The largest absolute Gasteiger partial charge is 3.00 e. The summed E-state index contributed by atoms with van der Waals surface area (Å²) in [5, 5.41) is 44.2. The first-order valence-corrected chi connectivity index (χ1v) is 1.64. The van der Waals surface area contributed by atoms with Gasteiger partial charge < -0.3 is 46.0 Å². The van der Waals surface area contributed by atoms with E-state index in [0.717, 1.165) is 0 Å². The Morgan fingerprint density at radius 2 is 0.571 bits per heavy atom. The second-order valence-electron chi connectivity index (χ2n) is 0.671. The molecule has 0 amide bonds. The molecule has 0 N–H and O–H groups in total. The Bertz CT molecular complexity index is 118. The summed E-state index contributed by atoms with van der Waals surface area (Å²) < 4.78 is 0. The maximum Gasteiger partial charge on any atom is 3.00 e. The average Bonchev–Trinajstić information content (AvgIpc) is 1.54. The van der Waals surface area contributed by atoms with E-state index in [1.165, 1.54) is 0 Å². The molecule has 14 heteroatoms. The molecule has 0 saturated heterocycles. The van der Waals surface area contributed by atoms with E-state index in [0.29, 0.717) is 0 Å². The Hall–Kier alpha value is -0.283. The molecule has 82 valence electrons. The van der Waals surface area contributed by atoms with Gasteiger partial charge in [-0.05, 0) is 0 Å². The van der Waals surface area contributed by atoms with Gasteiger partial charge >= 0.3 is 17.4 Å². The Kier molecular flexibility index (Phi) is 47.9. The van der Waals surface area contributed by atoms with Gasteiger partial charge in [0.15, 0.2) is 0 Å². The molecule has 0 fully saturated rings. The number of rotatable bonds is 0. The fourth-order valence-corrected chi connectivity index (χ4v) is 0. The molecule has 0 aliphatic carbocycles. The van der Waals surface area contributed by atoms with Gasteiger partial charge in [0.2, 0.25) is 0 Å². The van der Waals surface area contributed by atoms with Crippen LogP contribution < -0.4 is 0 Å². The van der Waals surface area contributed by atoms with Crippen LogP contribution in [-0.2, 0) is 17.4 Å². The van der Waals surface area contributed by atoms with Crippen LogP contribution in [0.2, 0.25) is 0 Å². The first-order valence-electron chi connectivity index (χ1n) is 1.64. The molecule has 0 aromatic heterocycles. The molecule has 0 saturated carbocycles. The van der Waals surface area contributed by atoms with Crippen molar-refractivity contribution in [3.05, 3.63) is 46.0 Å². The van der Waals surface area contributed by atoms with Gasteiger partial charge in [-0.25, -0.2) is 0 Å². The molecule has 0 spiro atoms. The van der Waals surface area contributed by atoms with E-state index in [1.807, 2.05) is 0 Å². The van der Waals surface area contributed by atoms with Crippen LogP contribution in [0.15, 0.2) is 0 Å². The molecule has 0 rings (SSSR count). The van der Waals surface area contributed by atoms with Crippen molar-refractivity contribution in [2.24, 2.45) is 0 Å². The standard InChI is InChI=1S/Cr.Eu.3NO3/c;;3*2-1(3)4/q+3;;3*-1. The monoisotopic (exact) mass is 391 g/mol. The van der Waals surface area contributed by atoms with Crippen LogP contribution in [0.5, 0.6) is 0 Å². The van der Waals surface area contributed by atoms with E-state index in [2.05, 4.69) is 0 Å². The van der Waals surface area contributed by atoms with Gasteiger partial charge in [0, 0.05) is 49.4 Å². The van der Waals surface area contributed by atoms with E-state index in [4.69, 9.17) is 46.0 Å². The summed E-state index contributed by atoms with van der Waals surface area (Å²) in [6.07, 6.45) is 0. The minimum Gasteiger partial charge on any atom is -0.356 e. The maximum absolute atomic E-state index is 8.25. The van der Waals surface area contributed by atoms with Crippen molar-refractivity contribution in [2.45, 2.75) is 0 Å². The van der Waals surface area contributed by atoms with Crippen LogP contribution in [0, 0.1) is 95.3 Å². The van der Waals surface area contributed by atoms with Gasteiger partial charge in [0.05, 0.1) is 15.3 Å². The normalized spacial score (nSPS) is 5.14. The topological polar surface area (TPSA) is 199 Å². The summed E-state index contributed by atoms with van der Waals surface area (Å²) in [5.41, 5.74) is 0. The molecule has 0 bridgehead atoms. The predicted molar refractivity (Wildman–Crippen MR) is 31.1 cm³/mol. The third-order valence-electron chi connectivity index (χ3n) is 0. The molecule has 2 radical (unpaired) electrons. The zero-order valence-corrected chi connectivity index (χ0v) is 9.50. The summed E-state index contributed by atoms with van der Waals surface area (Å²) in [4.78, 5) is 24.8. The summed E-state index contributed by atoms with van der Waals surface area (Å²) in [6.45, 7) is 0. The average molecular weight is 390 g/mol. The van der Waals surface area contributed by atoms with Crippen LogP contribution in [0.1, 0.15) is 0 Å². The Labute approximate surface area is 127 Å². The number of hydrogen-bond donors (Lipinski definition) is 0. The molecular formula is CrEuN3O9. The zero-order chi connectivity index (χ0) is 10.7. The number of nitrogens with zero attached hydrogens (tertiary/aromatic N) is 3. The fourth-order valence-electron chi connectivity index (χ4n) is 0. The van der Waals surface area contributed by atoms with Gasteiger partial charge in [-0.1, -0.05) is 0 Å². The molecule has 0 unspecified atom stereocenters. The van der Waals surface area contributed by atoms with Gasteiger partial charge in [-0.15, -0.1) is 0 Å². The van der Waals surface area contributed by atoms with Crippen molar-refractivity contribution in [1.29, 1.82) is 0 Å². The van der Waals surface area contributed by atoms with Gasteiger partial charge in [-0.3, -0.25) is 0 Å². The molecule has 0 aromatic carbocycles.